The van der Waals surface area contributed by atoms with Crippen molar-refractivity contribution in [3.05, 3.63) is 59.8 Å². The zero-order valence-corrected chi connectivity index (χ0v) is 14.2. The van der Waals surface area contributed by atoms with E-state index in [0.717, 1.165) is 27.7 Å². The smallest absolute Gasteiger partial charge is 0.256 e. The lowest BCUT2D eigenvalue weighted by Crippen LogP contribution is -2.35. The lowest BCUT2D eigenvalue weighted by molar-refractivity contribution is -0.121. The summed E-state index contributed by atoms with van der Waals surface area (Å²) in [5, 5.41) is 4.31. The SMILES string of the molecule is Cc1cccc(N2C(=O)C[C@H](Nc3ccc4cc[nH]c4c3)C2=O)c1C. The van der Waals surface area contributed by atoms with Crippen LogP contribution in [0.15, 0.2) is 48.7 Å². The Bertz CT molecular complexity index is 990. The molecule has 0 spiro atoms. The van der Waals surface area contributed by atoms with Gasteiger partial charge in [0.2, 0.25) is 5.91 Å². The molecule has 1 fully saturated rings. The molecule has 126 valence electrons. The van der Waals surface area contributed by atoms with Gasteiger partial charge in [-0.05, 0) is 54.6 Å². The van der Waals surface area contributed by atoms with Gasteiger partial charge in [0, 0.05) is 17.4 Å². The summed E-state index contributed by atoms with van der Waals surface area (Å²) in [5.74, 6) is -0.373. The molecule has 5 heteroatoms. The zero-order chi connectivity index (χ0) is 17.6. The summed E-state index contributed by atoms with van der Waals surface area (Å²) in [7, 11) is 0. The fraction of sp³-hybridized carbons (Fsp3) is 0.200. The van der Waals surface area contributed by atoms with Crippen LogP contribution in [-0.2, 0) is 9.59 Å². The Kier molecular flexibility index (Phi) is 3.57. The van der Waals surface area contributed by atoms with Crippen LogP contribution in [-0.4, -0.2) is 22.8 Å². The molecule has 2 heterocycles. The van der Waals surface area contributed by atoms with E-state index < -0.39 is 6.04 Å². The summed E-state index contributed by atoms with van der Waals surface area (Å²) >= 11 is 0. The van der Waals surface area contributed by atoms with Gasteiger partial charge in [-0.2, -0.15) is 0 Å². The van der Waals surface area contributed by atoms with Crippen LogP contribution >= 0.6 is 0 Å². The first-order valence-corrected chi connectivity index (χ1v) is 8.31. The highest BCUT2D eigenvalue weighted by molar-refractivity contribution is 6.23. The molecule has 1 atom stereocenters. The molecule has 1 saturated heterocycles. The molecule has 1 aliphatic rings. The topological polar surface area (TPSA) is 65.2 Å². The third kappa shape index (κ3) is 2.58. The number of hydrogen-bond acceptors (Lipinski definition) is 3. The summed E-state index contributed by atoms with van der Waals surface area (Å²) in [4.78, 5) is 29.8. The van der Waals surface area contributed by atoms with Crippen LogP contribution < -0.4 is 10.2 Å². The van der Waals surface area contributed by atoms with Crippen LogP contribution in [0.4, 0.5) is 11.4 Å². The molecule has 0 saturated carbocycles. The molecule has 0 aliphatic carbocycles. The Morgan fingerprint density at radius 3 is 2.80 bits per heavy atom. The fourth-order valence-electron chi connectivity index (χ4n) is 3.31. The van der Waals surface area contributed by atoms with E-state index in [1.165, 1.54) is 4.90 Å². The average molecular weight is 333 g/mol. The Morgan fingerprint density at radius 2 is 1.96 bits per heavy atom. The maximum absolute atomic E-state index is 12.8. The minimum absolute atomic E-state index is 0.162. The van der Waals surface area contributed by atoms with Crippen molar-refractivity contribution in [3.63, 3.8) is 0 Å². The number of carbonyl (C=O) groups is 2. The molecule has 0 unspecified atom stereocenters. The van der Waals surface area contributed by atoms with Gasteiger partial charge >= 0.3 is 0 Å². The van der Waals surface area contributed by atoms with Crippen LogP contribution in [0.25, 0.3) is 10.9 Å². The number of fused-ring (bicyclic) bond motifs is 1. The fourth-order valence-corrected chi connectivity index (χ4v) is 3.31. The average Bonchev–Trinajstić information content (AvgIpc) is 3.15. The third-order valence-electron chi connectivity index (χ3n) is 4.86. The summed E-state index contributed by atoms with van der Waals surface area (Å²) < 4.78 is 0. The number of nitrogens with zero attached hydrogens (tertiary/aromatic N) is 1. The van der Waals surface area contributed by atoms with E-state index >= 15 is 0 Å². The maximum atomic E-state index is 12.8. The zero-order valence-electron chi connectivity index (χ0n) is 14.2. The number of carbonyl (C=O) groups excluding carboxylic acids is 2. The molecule has 2 aromatic carbocycles. The van der Waals surface area contributed by atoms with Crippen LogP contribution in [0.3, 0.4) is 0 Å². The maximum Gasteiger partial charge on any atom is 0.256 e. The van der Waals surface area contributed by atoms with E-state index in [9.17, 15) is 9.59 Å². The van der Waals surface area contributed by atoms with Crippen molar-refractivity contribution < 1.29 is 9.59 Å². The Hall–Kier alpha value is -3.08. The van der Waals surface area contributed by atoms with Crippen molar-refractivity contribution in [2.24, 2.45) is 0 Å². The molecule has 2 amide bonds. The van der Waals surface area contributed by atoms with Gasteiger partial charge in [0.15, 0.2) is 0 Å². The number of nitrogens with one attached hydrogen (secondary N) is 2. The second kappa shape index (κ2) is 5.77. The number of imide groups is 1. The lowest BCUT2D eigenvalue weighted by Gasteiger charge is -2.19. The number of aryl methyl sites for hydroxylation is 1. The van der Waals surface area contributed by atoms with Crippen molar-refractivity contribution in [2.45, 2.75) is 26.3 Å². The standard InChI is InChI=1S/C20H19N3O2/c1-12-4-3-5-18(13(12)2)23-19(24)11-17(20(23)25)22-15-7-6-14-8-9-21-16(14)10-15/h3-10,17,21-22H,11H2,1-2H3/t17-/m0/s1. The van der Waals surface area contributed by atoms with Gasteiger partial charge in [-0.3, -0.25) is 9.59 Å². The van der Waals surface area contributed by atoms with Crippen LogP contribution in [0, 0.1) is 13.8 Å². The predicted molar refractivity (Wildman–Crippen MR) is 98.7 cm³/mol. The molecule has 4 rings (SSSR count). The largest absolute Gasteiger partial charge is 0.373 e. The van der Waals surface area contributed by atoms with Gasteiger partial charge in [0.25, 0.3) is 5.91 Å². The van der Waals surface area contributed by atoms with Crippen molar-refractivity contribution in [2.75, 3.05) is 10.2 Å². The van der Waals surface area contributed by atoms with Gasteiger partial charge in [-0.1, -0.05) is 18.2 Å². The number of anilines is 2. The summed E-state index contributed by atoms with van der Waals surface area (Å²) in [6.45, 7) is 3.91. The van der Waals surface area contributed by atoms with Crippen LogP contribution in [0.2, 0.25) is 0 Å². The van der Waals surface area contributed by atoms with E-state index in [0.29, 0.717) is 5.69 Å². The number of rotatable bonds is 3. The minimum atomic E-state index is -0.542. The molecule has 5 nitrogen and oxygen atoms in total. The van der Waals surface area contributed by atoms with Gasteiger partial charge in [0.1, 0.15) is 6.04 Å². The Balaban J connectivity index is 1.61. The first-order valence-electron chi connectivity index (χ1n) is 8.31. The van der Waals surface area contributed by atoms with Crippen LogP contribution in [0.1, 0.15) is 17.5 Å². The number of aromatic amines is 1. The number of benzene rings is 2. The molecule has 1 aliphatic heterocycles. The van der Waals surface area contributed by atoms with Gasteiger partial charge in [-0.25, -0.2) is 4.90 Å². The van der Waals surface area contributed by atoms with E-state index in [1.54, 1.807) is 0 Å². The normalized spacial score (nSPS) is 17.5. The van der Waals surface area contributed by atoms with Crippen molar-refractivity contribution in [1.29, 1.82) is 0 Å². The summed E-state index contributed by atoms with van der Waals surface area (Å²) in [6, 6.07) is 13.0. The molecule has 0 bridgehead atoms. The highest BCUT2D eigenvalue weighted by Crippen LogP contribution is 2.29. The Morgan fingerprint density at radius 1 is 1.12 bits per heavy atom. The molecule has 1 aromatic heterocycles. The molecular weight excluding hydrogens is 314 g/mol. The lowest BCUT2D eigenvalue weighted by atomic mass is 10.1. The monoisotopic (exact) mass is 333 g/mol. The number of H-pyrrole nitrogens is 1. The number of amides is 2. The van der Waals surface area contributed by atoms with E-state index in [1.807, 2.05) is 62.5 Å². The first-order chi connectivity index (χ1) is 12.0. The van der Waals surface area contributed by atoms with E-state index in [2.05, 4.69) is 10.3 Å². The number of aromatic nitrogens is 1. The minimum Gasteiger partial charge on any atom is -0.373 e. The molecular formula is C20H19N3O2. The summed E-state index contributed by atoms with van der Waals surface area (Å²) in [6.07, 6.45) is 2.04. The van der Waals surface area contributed by atoms with Crippen LogP contribution in [0.5, 0.6) is 0 Å². The van der Waals surface area contributed by atoms with E-state index in [4.69, 9.17) is 0 Å². The molecule has 2 N–H and O–H groups in total. The highest BCUT2D eigenvalue weighted by atomic mass is 16.2. The van der Waals surface area contributed by atoms with Crippen molar-refractivity contribution in [3.8, 4) is 0 Å². The van der Waals surface area contributed by atoms with Gasteiger partial charge < -0.3 is 10.3 Å². The van der Waals surface area contributed by atoms with Crippen molar-refractivity contribution in [1.82, 2.24) is 4.98 Å². The third-order valence-corrected chi connectivity index (χ3v) is 4.86. The quantitative estimate of drug-likeness (QED) is 0.721. The van der Waals surface area contributed by atoms with Gasteiger partial charge in [-0.15, -0.1) is 0 Å². The molecule has 3 aromatic rings. The second-order valence-corrected chi connectivity index (χ2v) is 6.47. The molecule has 25 heavy (non-hydrogen) atoms. The van der Waals surface area contributed by atoms with Gasteiger partial charge in [0.05, 0.1) is 12.1 Å². The predicted octanol–water partition coefficient (Wildman–Crippen LogP) is 3.53. The second-order valence-electron chi connectivity index (χ2n) is 6.47. The summed E-state index contributed by atoms with van der Waals surface area (Å²) in [5.41, 5.74) is 4.51. The first kappa shape index (κ1) is 15.4. The van der Waals surface area contributed by atoms with E-state index in [-0.39, 0.29) is 18.2 Å². The Labute approximate surface area is 145 Å². The number of hydrogen-bond donors (Lipinski definition) is 2. The van der Waals surface area contributed by atoms with Crippen molar-refractivity contribution >= 4 is 34.1 Å². The molecule has 0 radical (unpaired) electrons. The highest BCUT2D eigenvalue weighted by Gasteiger charge is 2.40.